The predicted molar refractivity (Wildman–Crippen MR) is 98.4 cm³/mol. The van der Waals surface area contributed by atoms with E-state index in [0.717, 1.165) is 5.56 Å². The number of aromatic nitrogens is 3. The summed E-state index contributed by atoms with van der Waals surface area (Å²) in [5.41, 5.74) is 2.01. The van der Waals surface area contributed by atoms with Crippen molar-refractivity contribution in [2.75, 3.05) is 0 Å². The summed E-state index contributed by atoms with van der Waals surface area (Å²) in [7, 11) is 0. The lowest BCUT2D eigenvalue weighted by atomic mass is 9.84. The van der Waals surface area contributed by atoms with E-state index in [9.17, 15) is 9.18 Å². The van der Waals surface area contributed by atoms with Gasteiger partial charge in [0.25, 0.3) is 5.56 Å². The first-order valence-corrected chi connectivity index (χ1v) is 9.55. The van der Waals surface area contributed by atoms with Crippen molar-refractivity contribution < 1.29 is 4.39 Å². The first-order valence-electron chi connectivity index (χ1n) is 8.77. The van der Waals surface area contributed by atoms with Crippen molar-refractivity contribution >= 4 is 21.7 Å². The van der Waals surface area contributed by atoms with Gasteiger partial charge in [-0.1, -0.05) is 19.3 Å². The smallest absolute Gasteiger partial charge is 0.273 e. The quantitative estimate of drug-likeness (QED) is 0.676. The number of benzene rings is 1. The Morgan fingerprint density at radius 3 is 2.64 bits per heavy atom. The fourth-order valence-corrected chi connectivity index (χ4v) is 4.56. The molecule has 1 atom stereocenters. The molecule has 6 heteroatoms. The normalized spacial score (nSPS) is 17.0. The monoisotopic (exact) mass is 357 g/mol. The summed E-state index contributed by atoms with van der Waals surface area (Å²) in [5, 5.41) is 0. The number of halogens is 1. The molecule has 0 bridgehead atoms. The number of rotatable bonds is 3. The van der Waals surface area contributed by atoms with E-state index in [2.05, 4.69) is 16.3 Å². The second-order valence-electron chi connectivity index (χ2n) is 6.81. The summed E-state index contributed by atoms with van der Waals surface area (Å²) in [6.07, 6.45) is 7.80. The standard InChI is InChI=1S/C19H20FN3OS/c1-12(13-5-3-2-4-6-13)23-11-21-17-16(22-25-18(17)19(23)24)14-7-9-15(20)10-8-14/h7-13H,2-6H2,1H3. The van der Waals surface area contributed by atoms with Crippen molar-refractivity contribution in [1.29, 1.82) is 0 Å². The molecular weight excluding hydrogens is 337 g/mol. The van der Waals surface area contributed by atoms with Gasteiger partial charge in [-0.25, -0.2) is 9.37 Å². The second kappa shape index (κ2) is 6.67. The van der Waals surface area contributed by atoms with Crippen LogP contribution in [0.25, 0.3) is 21.5 Å². The largest absolute Gasteiger partial charge is 0.295 e. The van der Waals surface area contributed by atoms with Gasteiger partial charge in [0.15, 0.2) is 0 Å². The molecule has 2 heterocycles. The van der Waals surface area contributed by atoms with Crippen molar-refractivity contribution in [1.82, 2.24) is 13.9 Å². The molecule has 0 N–H and O–H groups in total. The Bertz CT molecular complexity index is 941. The van der Waals surface area contributed by atoms with E-state index in [1.807, 2.05) is 0 Å². The molecule has 4 rings (SSSR count). The average Bonchev–Trinajstić information content (AvgIpc) is 3.08. The lowest BCUT2D eigenvalue weighted by Gasteiger charge is -2.28. The molecule has 0 radical (unpaired) electrons. The zero-order valence-electron chi connectivity index (χ0n) is 14.1. The van der Waals surface area contributed by atoms with Crippen molar-refractivity contribution in [2.45, 2.75) is 45.1 Å². The van der Waals surface area contributed by atoms with Gasteiger partial charge >= 0.3 is 0 Å². The van der Waals surface area contributed by atoms with Crippen LogP contribution in [0.3, 0.4) is 0 Å². The van der Waals surface area contributed by atoms with Crippen LogP contribution in [0.1, 0.15) is 45.1 Å². The number of nitrogens with zero attached hydrogens (tertiary/aromatic N) is 3. The van der Waals surface area contributed by atoms with Crippen molar-refractivity contribution in [3.63, 3.8) is 0 Å². The topological polar surface area (TPSA) is 47.8 Å². The molecule has 1 saturated carbocycles. The van der Waals surface area contributed by atoms with Gasteiger partial charge in [0.05, 0.1) is 6.33 Å². The average molecular weight is 357 g/mol. The van der Waals surface area contributed by atoms with Crippen LogP contribution >= 0.6 is 11.5 Å². The fraction of sp³-hybridized carbons (Fsp3) is 0.421. The Kier molecular flexibility index (Phi) is 4.37. The number of hydrogen-bond donors (Lipinski definition) is 0. The SMILES string of the molecule is CC(C1CCCCC1)n1cnc2c(-c3ccc(F)cc3)nsc2c1=O. The third-order valence-electron chi connectivity index (χ3n) is 5.30. The van der Waals surface area contributed by atoms with Gasteiger partial charge in [-0.3, -0.25) is 9.36 Å². The Morgan fingerprint density at radius 1 is 1.20 bits per heavy atom. The highest BCUT2D eigenvalue weighted by molar-refractivity contribution is 7.13. The molecule has 0 spiro atoms. The minimum Gasteiger partial charge on any atom is -0.295 e. The van der Waals surface area contributed by atoms with Crippen LogP contribution in [-0.4, -0.2) is 13.9 Å². The summed E-state index contributed by atoms with van der Waals surface area (Å²) >= 11 is 1.18. The minimum absolute atomic E-state index is 0.0195. The van der Waals surface area contributed by atoms with E-state index in [4.69, 9.17) is 0 Å². The van der Waals surface area contributed by atoms with Crippen molar-refractivity contribution in [3.05, 3.63) is 46.8 Å². The van der Waals surface area contributed by atoms with E-state index < -0.39 is 0 Å². The summed E-state index contributed by atoms with van der Waals surface area (Å²) < 4.78 is 19.9. The Hall–Kier alpha value is -2.08. The minimum atomic E-state index is -0.292. The van der Waals surface area contributed by atoms with Gasteiger partial charge in [-0.15, -0.1) is 0 Å². The summed E-state index contributed by atoms with van der Waals surface area (Å²) in [6.45, 7) is 2.12. The van der Waals surface area contributed by atoms with Crippen LogP contribution in [0, 0.1) is 11.7 Å². The number of fused-ring (bicyclic) bond motifs is 1. The van der Waals surface area contributed by atoms with Gasteiger partial charge in [-0.05, 0) is 61.5 Å². The van der Waals surface area contributed by atoms with Gasteiger partial charge in [0, 0.05) is 11.6 Å². The van der Waals surface area contributed by atoms with Crippen LogP contribution in [0.4, 0.5) is 4.39 Å². The van der Waals surface area contributed by atoms with Crippen molar-refractivity contribution in [2.24, 2.45) is 5.92 Å². The molecule has 130 valence electrons. The lowest BCUT2D eigenvalue weighted by molar-refractivity contribution is 0.259. The van der Waals surface area contributed by atoms with Gasteiger partial charge in [0.1, 0.15) is 21.7 Å². The third kappa shape index (κ3) is 2.99. The maximum atomic E-state index is 13.1. The molecule has 25 heavy (non-hydrogen) atoms. The van der Waals surface area contributed by atoms with E-state index >= 15 is 0 Å². The highest BCUT2D eigenvalue weighted by Gasteiger charge is 2.24. The lowest BCUT2D eigenvalue weighted by Crippen LogP contribution is -2.28. The molecule has 0 amide bonds. The van der Waals surface area contributed by atoms with Crippen molar-refractivity contribution in [3.8, 4) is 11.3 Å². The molecule has 0 saturated heterocycles. The second-order valence-corrected chi connectivity index (χ2v) is 7.58. The molecule has 0 aliphatic heterocycles. The third-order valence-corrected chi connectivity index (χ3v) is 6.12. The van der Waals surface area contributed by atoms with E-state index in [-0.39, 0.29) is 17.4 Å². The first-order chi connectivity index (χ1) is 12.1. The fourth-order valence-electron chi connectivity index (χ4n) is 3.77. The van der Waals surface area contributed by atoms with E-state index in [1.54, 1.807) is 23.0 Å². The van der Waals surface area contributed by atoms with Crippen LogP contribution in [0.2, 0.25) is 0 Å². The summed E-state index contributed by atoms with van der Waals surface area (Å²) in [4.78, 5) is 17.5. The highest BCUT2D eigenvalue weighted by atomic mass is 32.1. The molecule has 1 aromatic carbocycles. The molecule has 2 aromatic heterocycles. The van der Waals surface area contributed by atoms with Crippen LogP contribution in [0.15, 0.2) is 35.4 Å². The predicted octanol–water partition coefficient (Wildman–Crippen LogP) is 4.80. The maximum absolute atomic E-state index is 13.1. The Labute approximate surface area is 149 Å². The van der Waals surface area contributed by atoms with E-state index in [0.29, 0.717) is 21.8 Å². The van der Waals surface area contributed by atoms with Gasteiger partial charge in [0.2, 0.25) is 0 Å². The zero-order valence-corrected chi connectivity index (χ0v) is 14.9. The molecule has 1 aliphatic rings. The van der Waals surface area contributed by atoms with E-state index in [1.165, 1.54) is 55.8 Å². The maximum Gasteiger partial charge on any atom is 0.273 e. The summed E-state index contributed by atoms with van der Waals surface area (Å²) in [5.74, 6) is 0.245. The van der Waals surface area contributed by atoms with Gasteiger partial charge in [-0.2, -0.15) is 4.37 Å². The van der Waals surface area contributed by atoms with Crippen LogP contribution < -0.4 is 5.56 Å². The molecule has 1 unspecified atom stereocenters. The van der Waals surface area contributed by atoms with Gasteiger partial charge < -0.3 is 0 Å². The Morgan fingerprint density at radius 2 is 1.92 bits per heavy atom. The zero-order chi connectivity index (χ0) is 17.4. The molecule has 3 aromatic rings. The molecular formula is C19H20FN3OS. The molecule has 4 nitrogen and oxygen atoms in total. The molecule has 1 aliphatic carbocycles. The Balaban J connectivity index is 1.74. The first kappa shape index (κ1) is 16.4. The summed E-state index contributed by atoms with van der Waals surface area (Å²) in [6, 6.07) is 6.28. The van der Waals surface area contributed by atoms with Crippen LogP contribution in [-0.2, 0) is 0 Å². The van der Waals surface area contributed by atoms with Crippen LogP contribution in [0.5, 0.6) is 0 Å². The highest BCUT2D eigenvalue weighted by Crippen LogP contribution is 2.33. The number of hydrogen-bond acceptors (Lipinski definition) is 4. The molecule has 1 fully saturated rings.